The molecule has 1 amide bonds. The molecule has 1 heterocycles. The van der Waals surface area contributed by atoms with Gasteiger partial charge in [0.25, 0.3) is 5.91 Å². The van der Waals surface area contributed by atoms with E-state index in [4.69, 9.17) is 9.47 Å². The molecule has 1 N–H and O–H groups in total. The lowest BCUT2D eigenvalue weighted by atomic mass is 10.1. The Bertz CT molecular complexity index is 855. The number of hydrogen-bond donors (Lipinski definition) is 1. The molecule has 0 aliphatic carbocycles. The van der Waals surface area contributed by atoms with Crippen molar-refractivity contribution >= 4 is 5.91 Å². The molecule has 0 fully saturated rings. The molecule has 0 bridgehead atoms. The number of aryl methyl sites for hydroxylation is 1. The summed E-state index contributed by atoms with van der Waals surface area (Å²) in [5.74, 6) is 1.44. The van der Waals surface area contributed by atoms with Crippen LogP contribution >= 0.6 is 0 Å². The van der Waals surface area contributed by atoms with Crippen LogP contribution < -0.4 is 14.8 Å². The van der Waals surface area contributed by atoms with Crippen LogP contribution in [0, 0.1) is 0 Å². The molecule has 0 saturated carbocycles. The number of benzene rings is 2. The summed E-state index contributed by atoms with van der Waals surface area (Å²) in [5.41, 5.74) is 2.57. The number of amides is 1. The van der Waals surface area contributed by atoms with Crippen molar-refractivity contribution in [3.05, 3.63) is 77.6 Å². The smallest absolute Gasteiger partial charge is 0.251 e. The Morgan fingerprint density at radius 2 is 1.73 bits per heavy atom. The molecular formula is C20H21N3O3. The number of rotatable bonds is 7. The molecule has 3 rings (SSSR count). The van der Waals surface area contributed by atoms with E-state index in [0.717, 1.165) is 22.6 Å². The highest BCUT2D eigenvalue weighted by Crippen LogP contribution is 2.18. The molecule has 26 heavy (non-hydrogen) atoms. The molecule has 134 valence electrons. The van der Waals surface area contributed by atoms with Gasteiger partial charge in [0, 0.05) is 30.9 Å². The molecule has 0 spiro atoms. The zero-order chi connectivity index (χ0) is 18.4. The number of aromatic nitrogens is 2. The van der Waals surface area contributed by atoms with Gasteiger partial charge in [-0.25, -0.2) is 0 Å². The summed E-state index contributed by atoms with van der Waals surface area (Å²) >= 11 is 0. The molecule has 6 heteroatoms. The van der Waals surface area contributed by atoms with E-state index in [2.05, 4.69) is 10.4 Å². The predicted octanol–water partition coefficient (Wildman–Crippen LogP) is 2.94. The van der Waals surface area contributed by atoms with Crippen molar-refractivity contribution in [1.29, 1.82) is 0 Å². The lowest BCUT2D eigenvalue weighted by Gasteiger charge is -2.08. The minimum absolute atomic E-state index is 0.114. The second-order valence-corrected chi connectivity index (χ2v) is 5.87. The standard InChI is InChI=1S/C20H21N3O3/c1-23-13-16(12-22-23)11-21-20(24)17-5-3-15(4-6-17)14-26-19-9-7-18(25-2)8-10-19/h3-10,12-13H,11,14H2,1-2H3,(H,21,24). The van der Waals surface area contributed by atoms with E-state index in [0.29, 0.717) is 18.7 Å². The van der Waals surface area contributed by atoms with Gasteiger partial charge >= 0.3 is 0 Å². The van der Waals surface area contributed by atoms with Crippen molar-refractivity contribution in [3.63, 3.8) is 0 Å². The zero-order valence-corrected chi connectivity index (χ0v) is 14.8. The maximum Gasteiger partial charge on any atom is 0.251 e. The minimum Gasteiger partial charge on any atom is -0.497 e. The van der Waals surface area contributed by atoms with E-state index in [9.17, 15) is 4.79 Å². The van der Waals surface area contributed by atoms with Gasteiger partial charge in [-0.05, 0) is 42.0 Å². The fraction of sp³-hybridized carbons (Fsp3) is 0.200. The van der Waals surface area contributed by atoms with Crippen LogP contribution in [0.5, 0.6) is 11.5 Å². The molecule has 0 unspecified atom stereocenters. The molecule has 3 aromatic rings. The molecule has 2 aromatic carbocycles. The quantitative estimate of drug-likeness (QED) is 0.711. The summed E-state index contributed by atoms with van der Waals surface area (Å²) in [4.78, 5) is 12.2. The van der Waals surface area contributed by atoms with E-state index in [1.54, 1.807) is 30.1 Å². The lowest BCUT2D eigenvalue weighted by molar-refractivity contribution is 0.0951. The number of methoxy groups -OCH3 is 1. The van der Waals surface area contributed by atoms with Crippen molar-refractivity contribution < 1.29 is 14.3 Å². The van der Waals surface area contributed by atoms with E-state index in [1.165, 1.54) is 0 Å². The number of nitrogens with one attached hydrogen (secondary N) is 1. The first-order chi connectivity index (χ1) is 12.6. The Labute approximate surface area is 152 Å². The van der Waals surface area contributed by atoms with Crippen LogP contribution in [0.1, 0.15) is 21.5 Å². The van der Waals surface area contributed by atoms with Crippen LogP contribution in [0.15, 0.2) is 60.9 Å². The van der Waals surface area contributed by atoms with Crippen LogP contribution in [0.2, 0.25) is 0 Å². The van der Waals surface area contributed by atoms with Crippen molar-refractivity contribution in [2.75, 3.05) is 7.11 Å². The third-order valence-corrected chi connectivity index (χ3v) is 3.89. The van der Waals surface area contributed by atoms with Crippen LogP contribution in [0.4, 0.5) is 0 Å². The van der Waals surface area contributed by atoms with Crippen LogP contribution in [0.3, 0.4) is 0 Å². The first-order valence-corrected chi connectivity index (χ1v) is 8.25. The highest BCUT2D eigenvalue weighted by atomic mass is 16.5. The zero-order valence-electron chi connectivity index (χ0n) is 14.8. The highest BCUT2D eigenvalue weighted by Gasteiger charge is 2.06. The molecule has 0 atom stereocenters. The summed E-state index contributed by atoms with van der Waals surface area (Å²) in [7, 11) is 3.47. The van der Waals surface area contributed by atoms with Crippen LogP contribution in [0.25, 0.3) is 0 Å². The van der Waals surface area contributed by atoms with E-state index >= 15 is 0 Å². The van der Waals surface area contributed by atoms with Crippen LogP contribution in [-0.4, -0.2) is 22.8 Å². The number of hydrogen-bond acceptors (Lipinski definition) is 4. The highest BCUT2D eigenvalue weighted by molar-refractivity contribution is 5.94. The minimum atomic E-state index is -0.114. The third kappa shape index (κ3) is 4.63. The lowest BCUT2D eigenvalue weighted by Crippen LogP contribution is -2.22. The maximum absolute atomic E-state index is 12.2. The summed E-state index contributed by atoms with van der Waals surface area (Å²) < 4.78 is 12.6. The van der Waals surface area contributed by atoms with E-state index < -0.39 is 0 Å². The van der Waals surface area contributed by atoms with Gasteiger partial charge in [0.1, 0.15) is 18.1 Å². The summed E-state index contributed by atoms with van der Waals surface area (Å²) in [6, 6.07) is 14.8. The molecule has 1 aromatic heterocycles. The fourth-order valence-corrected chi connectivity index (χ4v) is 2.44. The van der Waals surface area contributed by atoms with Gasteiger partial charge in [-0.2, -0.15) is 5.10 Å². The maximum atomic E-state index is 12.2. The topological polar surface area (TPSA) is 65.4 Å². The van der Waals surface area contributed by atoms with Crippen molar-refractivity contribution in [2.24, 2.45) is 7.05 Å². The molecule has 0 radical (unpaired) electrons. The largest absolute Gasteiger partial charge is 0.497 e. The van der Waals surface area contributed by atoms with Crippen molar-refractivity contribution in [1.82, 2.24) is 15.1 Å². The second kappa shape index (κ2) is 8.20. The Kier molecular flexibility index (Phi) is 5.53. The van der Waals surface area contributed by atoms with Crippen LogP contribution in [-0.2, 0) is 20.2 Å². The average molecular weight is 351 g/mol. The Balaban J connectivity index is 1.51. The third-order valence-electron chi connectivity index (χ3n) is 3.89. The van der Waals surface area contributed by atoms with E-state index in [1.807, 2.05) is 49.6 Å². The Morgan fingerprint density at radius 1 is 1.04 bits per heavy atom. The normalized spacial score (nSPS) is 10.4. The monoisotopic (exact) mass is 351 g/mol. The molecule has 0 aliphatic heterocycles. The van der Waals surface area contributed by atoms with E-state index in [-0.39, 0.29) is 5.91 Å². The summed E-state index contributed by atoms with van der Waals surface area (Å²) in [6.45, 7) is 0.888. The van der Waals surface area contributed by atoms with Gasteiger partial charge in [-0.15, -0.1) is 0 Å². The van der Waals surface area contributed by atoms with Crippen molar-refractivity contribution in [3.8, 4) is 11.5 Å². The molecule has 0 aliphatic rings. The van der Waals surface area contributed by atoms with Gasteiger partial charge in [-0.3, -0.25) is 9.48 Å². The van der Waals surface area contributed by atoms with Gasteiger partial charge in [0.2, 0.25) is 0 Å². The number of nitrogens with zero attached hydrogens (tertiary/aromatic N) is 2. The summed E-state index contributed by atoms with van der Waals surface area (Å²) in [5, 5.41) is 6.96. The van der Waals surface area contributed by atoms with Gasteiger partial charge in [0.15, 0.2) is 0 Å². The van der Waals surface area contributed by atoms with Gasteiger partial charge in [-0.1, -0.05) is 12.1 Å². The van der Waals surface area contributed by atoms with Gasteiger partial charge in [0.05, 0.1) is 13.3 Å². The SMILES string of the molecule is COc1ccc(OCc2ccc(C(=O)NCc3cnn(C)c3)cc2)cc1. The predicted molar refractivity (Wildman–Crippen MR) is 98.1 cm³/mol. The summed E-state index contributed by atoms with van der Waals surface area (Å²) in [6.07, 6.45) is 3.61. The van der Waals surface area contributed by atoms with Gasteiger partial charge < -0.3 is 14.8 Å². The Hall–Kier alpha value is -3.28. The molecule has 0 saturated heterocycles. The fourth-order valence-electron chi connectivity index (χ4n) is 2.44. The average Bonchev–Trinajstić information content (AvgIpc) is 3.10. The number of carbonyl (C=O) groups is 1. The number of carbonyl (C=O) groups excluding carboxylic acids is 1. The Morgan fingerprint density at radius 3 is 2.35 bits per heavy atom. The first-order valence-electron chi connectivity index (χ1n) is 8.25. The number of ether oxygens (including phenoxy) is 2. The second-order valence-electron chi connectivity index (χ2n) is 5.87. The van der Waals surface area contributed by atoms with Crippen molar-refractivity contribution in [2.45, 2.75) is 13.2 Å². The molecular weight excluding hydrogens is 330 g/mol. The molecule has 6 nitrogen and oxygen atoms in total. The first kappa shape index (κ1) is 17.5.